The molecule has 1 unspecified atom stereocenters. The molecule has 4 heteroatoms. The van der Waals surface area contributed by atoms with Gasteiger partial charge in [0.2, 0.25) is 11.8 Å². The van der Waals surface area contributed by atoms with Crippen molar-refractivity contribution in [1.82, 2.24) is 9.80 Å². The Kier molecular flexibility index (Phi) is 4.78. The Morgan fingerprint density at radius 2 is 1.64 bits per heavy atom. The van der Waals surface area contributed by atoms with Crippen molar-refractivity contribution in [3.8, 4) is 0 Å². The zero-order chi connectivity index (χ0) is 17.2. The fraction of sp³-hybridized carbons (Fsp3) is 0.619. The summed E-state index contributed by atoms with van der Waals surface area (Å²) in [5.41, 5.74) is 2.78. The molecule has 25 heavy (non-hydrogen) atoms. The van der Waals surface area contributed by atoms with E-state index >= 15 is 0 Å². The minimum atomic E-state index is 0.134. The van der Waals surface area contributed by atoms with Gasteiger partial charge in [-0.2, -0.15) is 0 Å². The monoisotopic (exact) mass is 340 g/mol. The van der Waals surface area contributed by atoms with Crippen molar-refractivity contribution in [3.63, 3.8) is 0 Å². The second-order valence-electron chi connectivity index (χ2n) is 7.83. The first kappa shape index (κ1) is 16.6. The molecule has 2 fully saturated rings. The van der Waals surface area contributed by atoms with Gasteiger partial charge in [0.1, 0.15) is 0 Å². The lowest BCUT2D eigenvalue weighted by atomic mass is 9.93. The van der Waals surface area contributed by atoms with Crippen molar-refractivity contribution < 1.29 is 9.59 Å². The fourth-order valence-corrected chi connectivity index (χ4v) is 4.77. The minimum absolute atomic E-state index is 0.134. The van der Waals surface area contributed by atoms with Crippen LogP contribution in [0.15, 0.2) is 24.3 Å². The van der Waals surface area contributed by atoms with Crippen LogP contribution in [-0.4, -0.2) is 47.8 Å². The van der Waals surface area contributed by atoms with Crippen molar-refractivity contribution in [2.24, 2.45) is 5.92 Å². The van der Waals surface area contributed by atoms with Crippen molar-refractivity contribution in [1.29, 1.82) is 0 Å². The SMILES string of the molecule is O=C(CC1CCc2ccccc21)N1CCC(C(=O)N2CCCC2)CC1. The van der Waals surface area contributed by atoms with Gasteiger partial charge < -0.3 is 9.80 Å². The van der Waals surface area contributed by atoms with Crippen LogP contribution in [0.1, 0.15) is 55.6 Å². The van der Waals surface area contributed by atoms with Gasteiger partial charge in [-0.15, -0.1) is 0 Å². The van der Waals surface area contributed by atoms with Crippen molar-refractivity contribution in [2.75, 3.05) is 26.2 Å². The number of aryl methyl sites for hydroxylation is 1. The van der Waals surface area contributed by atoms with Gasteiger partial charge in [-0.25, -0.2) is 0 Å². The van der Waals surface area contributed by atoms with Gasteiger partial charge in [0.05, 0.1) is 0 Å². The van der Waals surface area contributed by atoms with Crippen LogP contribution >= 0.6 is 0 Å². The summed E-state index contributed by atoms with van der Waals surface area (Å²) in [6.07, 6.45) is 6.78. The second kappa shape index (κ2) is 7.19. The van der Waals surface area contributed by atoms with E-state index in [0.717, 1.165) is 64.7 Å². The molecule has 0 radical (unpaired) electrons. The molecule has 2 aliphatic heterocycles. The van der Waals surface area contributed by atoms with Crippen molar-refractivity contribution in [2.45, 2.75) is 50.9 Å². The third-order valence-corrected chi connectivity index (χ3v) is 6.29. The van der Waals surface area contributed by atoms with E-state index in [2.05, 4.69) is 24.3 Å². The third-order valence-electron chi connectivity index (χ3n) is 6.29. The van der Waals surface area contributed by atoms with E-state index in [-0.39, 0.29) is 11.8 Å². The van der Waals surface area contributed by atoms with Gasteiger partial charge in [0, 0.05) is 38.5 Å². The first-order chi connectivity index (χ1) is 12.2. The summed E-state index contributed by atoms with van der Waals surface area (Å²) in [5, 5.41) is 0. The molecule has 0 bridgehead atoms. The standard InChI is InChI=1S/C21H28N2O2/c24-20(15-18-8-7-16-5-1-2-6-19(16)18)22-13-9-17(10-14-22)21(25)23-11-3-4-12-23/h1-2,5-6,17-18H,3-4,7-15H2. The van der Waals surface area contributed by atoms with E-state index < -0.39 is 0 Å². The maximum absolute atomic E-state index is 12.7. The highest BCUT2D eigenvalue weighted by atomic mass is 16.2. The Morgan fingerprint density at radius 1 is 0.920 bits per heavy atom. The molecule has 2 amide bonds. The van der Waals surface area contributed by atoms with Crippen LogP contribution in [0.3, 0.4) is 0 Å². The summed E-state index contributed by atoms with van der Waals surface area (Å²) in [6, 6.07) is 8.54. The summed E-state index contributed by atoms with van der Waals surface area (Å²) in [4.78, 5) is 29.3. The number of benzene rings is 1. The molecule has 0 spiro atoms. The molecular weight excluding hydrogens is 312 g/mol. The Balaban J connectivity index is 1.29. The van der Waals surface area contributed by atoms with Gasteiger partial charge >= 0.3 is 0 Å². The summed E-state index contributed by atoms with van der Waals surface area (Å²) in [6.45, 7) is 3.35. The van der Waals surface area contributed by atoms with Gasteiger partial charge in [0.15, 0.2) is 0 Å². The first-order valence-electron chi connectivity index (χ1n) is 9.87. The zero-order valence-corrected chi connectivity index (χ0v) is 15.0. The Labute approximate surface area is 150 Å². The molecule has 1 aliphatic carbocycles. The molecule has 0 N–H and O–H groups in total. The molecule has 134 valence electrons. The first-order valence-corrected chi connectivity index (χ1v) is 9.87. The number of hydrogen-bond acceptors (Lipinski definition) is 2. The lowest BCUT2D eigenvalue weighted by molar-refractivity contribution is -0.140. The highest BCUT2D eigenvalue weighted by Crippen LogP contribution is 2.36. The molecule has 1 aromatic rings. The average Bonchev–Trinajstić information content (AvgIpc) is 3.32. The molecule has 0 saturated carbocycles. The van der Waals surface area contributed by atoms with Crippen LogP contribution in [0, 0.1) is 5.92 Å². The number of carbonyl (C=O) groups excluding carboxylic acids is 2. The molecule has 3 aliphatic rings. The predicted octanol–water partition coefficient (Wildman–Crippen LogP) is 2.97. The topological polar surface area (TPSA) is 40.6 Å². The largest absolute Gasteiger partial charge is 0.343 e. The molecule has 1 aromatic carbocycles. The van der Waals surface area contributed by atoms with Crippen LogP contribution in [-0.2, 0) is 16.0 Å². The number of fused-ring (bicyclic) bond motifs is 1. The van der Waals surface area contributed by atoms with E-state index in [1.807, 2.05) is 9.80 Å². The normalized spacial score (nSPS) is 23.8. The molecule has 1 atom stereocenters. The van der Waals surface area contributed by atoms with Gasteiger partial charge in [-0.3, -0.25) is 9.59 Å². The van der Waals surface area contributed by atoms with Crippen molar-refractivity contribution in [3.05, 3.63) is 35.4 Å². The molecule has 2 saturated heterocycles. The lowest BCUT2D eigenvalue weighted by Gasteiger charge is -2.33. The molecule has 4 rings (SSSR count). The molecule has 4 nitrogen and oxygen atoms in total. The van der Waals surface area contributed by atoms with E-state index in [4.69, 9.17) is 0 Å². The van der Waals surface area contributed by atoms with Gasteiger partial charge in [-0.05, 0) is 55.6 Å². The highest BCUT2D eigenvalue weighted by Gasteiger charge is 2.32. The van der Waals surface area contributed by atoms with Crippen LogP contribution in [0.4, 0.5) is 0 Å². The summed E-state index contributed by atoms with van der Waals surface area (Å²) >= 11 is 0. The zero-order valence-electron chi connectivity index (χ0n) is 15.0. The summed E-state index contributed by atoms with van der Waals surface area (Å²) in [7, 11) is 0. The fourth-order valence-electron chi connectivity index (χ4n) is 4.77. The number of likely N-dealkylation sites (tertiary alicyclic amines) is 2. The van der Waals surface area contributed by atoms with Gasteiger partial charge in [0.25, 0.3) is 0 Å². The number of piperidine rings is 1. The van der Waals surface area contributed by atoms with Crippen LogP contribution in [0.5, 0.6) is 0 Å². The molecule has 2 heterocycles. The quantitative estimate of drug-likeness (QED) is 0.849. The number of hydrogen-bond donors (Lipinski definition) is 0. The Hall–Kier alpha value is -1.84. The number of amides is 2. The smallest absolute Gasteiger partial charge is 0.225 e. The minimum Gasteiger partial charge on any atom is -0.343 e. The van der Waals surface area contributed by atoms with Crippen LogP contribution in [0.25, 0.3) is 0 Å². The Morgan fingerprint density at radius 3 is 2.40 bits per heavy atom. The highest BCUT2D eigenvalue weighted by molar-refractivity contribution is 5.80. The average molecular weight is 340 g/mol. The third kappa shape index (κ3) is 3.44. The van der Waals surface area contributed by atoms with Gasteiger partial charge in [-0.1, -0.05) is 24.3 Å². The summed E-state index contributed by atoms with van der Waals surface area (Å²) in [5.74, 6) is 1.12. The van der Waals surface area contributed by atoms with Crippen molar-refractivity contribution >= 4 is 11.8 Å². The molecular formula is C21H28N2O2. The van der Waals surface area contributed by atoms with Crippen LogP contribution < -0.4 is 0 Å². The van der Waals surface area contributed by atoms with E-state index in [9.17, 15) is 9.59 Å². The number of rotatable bonds is 3. The second-order valence-corrected chi connectivity index (χ2v) is 7.83. The number of nitrogens with zero attached hydrogens (tertiary/aromatic N) is 2. The molecule has 0 aromatic heterocycles. The van der Waals surface area contributed by atoms with Crippen LogP contribution in [0.2, 0.25) is 0 Å². The van der Waals surface area contributed by atoms with E-state index in [1.54, 1.807) is 0 Å². The Bertz CT molecular complexity index is 643. The van der Waals surface area contributed by atoms with E-state index in [0.29, 0.717) is 18.2 Å². The maximum atomic E-state index is 12.7. The number of carbonyl (C=O) groups is 2. The lowest BCUT2D eigenvalue weighted by Crippen LogP contribution is -2.44. The predicted molar refractivity (Wildman–Crippen MR) is 97.2 cm³/mol. The summed E-state index contributed by atoms with van der Waals surface area (Å²) < 4.78 is 0. The maximum Gasteiger partial charge on any atom is 0.225 e. The van der Waals surface area contributed by atoms with E-state index in [1.165, 1.54) is 11.1 Å².